The number of carbonyl (C=O) groups is 1. The zero-order valence-electron chi connectivity index (χ0n) is 11.8. The highest BCUT2D eigenvalue weighted by Crippen LogP contribution is 2.21. The first-order valence-corrected chi connectivity index (χ1v) is 6.86. The van der Waals surface area contributed by atoms with E-state index in [1.807, 2.05) is 13.0 Å². The van der Waals surface area contributed by atoms with E-state index in [1.165, 1.54) is 18.2 Å². The molecule has 1 amide bonds. The molecule has 0 aliphatic rings. The van der Waals surface area contributed by atoms with Crippen molar-refractivity contribution in [2.45, 2.75) is 6.92 Å². The van der Waals surface area contributed by atoms with Gasteiger partial charge in [0.05, 0.1) is 0 Å². The first kappa shape index (κ1) is 15.6. The average molecular weight is 313 g/mol. The third kappa shape index (κ3) is 3.87. The number of rotatable bonds is 3. The first-order chi connectivity index (χ1) is 10.5. The predicted octanol–water partition coefficient (Wildman–Crippen LogP) is 3.90. The van der Waals surface area contributed by atoms with Gasteiger partial charge >= 0.3 is 0 Å². The molecule has 2 aromatic carbocycles. The smallest absolute Gasteiger partial charge is 0.266 e. The third-order valence-corrected chi connectivity index (χ3v) is 3.38. The number of hydrogen-bond donors (Lipinski definition) is 2. The van der Waals surface area contributed by atoms with Crippen molar-refractivity contribution >= 4 is 29.3 Å². The molecule has 0 heterocycles. The summed E-state index contributed by atoms with van der Waals surface area (Å²) < 4.78 is 0. The molecule has 22 heavy (non-hydrogen) atoms. The van der Waals surface area contributed by atoms with E-state index in [0.29, 0.717) is 16.3 Å². The van der Waals surface area contributed by atoms with E-state index in [0.717, 1.165) is 5.56 Å². The van der Waals surface area contributed by atoms with E-state index in [1.54, 1.807) is 30.3 Å². The van der Waals surface area contributed by atoms with Gasteiger partial charge in [-0.25, -0.2) is 0 Å². The molecular weight excluding hydrogens is 300 g/mol. The second kappa shape index (κ2) is 6.79. The molecule has 0 aliphatic carbocycles. The lowest BCUT2D eigenvalue weighted by Gasteiger charge is -2.06. The van der Waals surface area contributed by atoms with Crippen molar-refractivity contribution in [2.24, 2.45) is 0 Å². The van der Waals surface area contributed by atoms with Crippen LogP contribution in [0.5, 0.6) is 5.75 Å². The quantitative estimate of drug-likeness (QED) is 0.667. The van der Waals surface area contributed by atoms with Crippen LogP contribution >= 0.6 is 11.6 Å². The third-order valence-electron chi connectivity index (χ3n) is 2.98. The van der Waals surface area contributed by atoms with Gasteiger partial charge in [-0.1, -0.05) is 29.8 Å². The van der Waals surface area contributed by atoms with Gasteiger partial charge in [-0.2, -0.15) is 5.26 Å². The molecule has 2 N–H and O–H groups in total. The van der Waals surface area contributed by atoms with Crippen molar-refractivity contribution in [2.75, 3.05) is 5.32 Å². The van der Waals surface area contributed by atoms with Crippen LogP contribution in [0.15, 0.2) is 48.0 Å². The van der Waals surface area contributed by atoms with Crippen molar-refractivity contribution in [1.82, 2.24) is 0 Å². The van der Waals surface area contributed by atoms with Gasteiger partial charge in [-0.05, 0) is 48.4 Å². The van der Waals surface area contributed by atoms with Crippen LogP contribution in [0.25, 0.3) is 6.08 Å². The Morgan fingerprint density at radius 1 is 1.32 bits per heavy atom. The maximum atomic E-state index is 12.1. The van der Waals surface area contributed by atoms with Gasteiger partial charge in [-0.3, -0.25) is 4.79 Å². The molecule has 0 fully saturated rings. The van der Waals surface area contributed by atoms with Crippen molar-refractivity contribution in [1.29, 1.82) is 5.26 Å². The lowest BCUT2D eigenvalue weighted by Crippen LogP contribution is -2.13. The molecular formula is C17H13ClN2O2. The molecule has 0 saturated heterocycles. The molecule has 2 rings (SSSR count). The van der Waals surface area contributed by atoms with Gasteiger partial charge < -0.3 is 10.4 Å². The average Bonchev–Trinajstić information content (AvgIpc) is 2.48. The van der Waals surface area contributed by atoms with Crippen molar-refractivity contribution < 1.29 is 9.90 Å². The Kier molecular flexibility index (Phi) is 4.82. The Labute approximate surface area is 133 Å². The Morgan fingerprint density at radius 2 is 2.09 bits per heavy atom. The van der Waals surface area contributed by atoms with Crippen LogP contribution in [0, 0.1) is 18.3 Å². The lowest BCUT2D eigenvalue weighted by atomic mass is 10.1. The molecule has 110 valence electrons. The summed E-state index contributed by atoms with van der Waals surface area (Å²) in [5.41, 5.74) is 1.91. The van der Waals surface area contributed by atoms with Crippen LogP contribution in [0.3, 0.4) is 0 Å². The highest BCUT2D eigenvalue weighted by molar-refractivity contribution is 6.31. The number of nitrogens with zero attached hydrogens (tertiary/aromatic N) is 1. The summed E-state index contributed by atoms with van der Waals surface area (Å²) in [7, 11) is 0. The van der Waals surface area contributed by atoms with Crippen molar-refractivity contribution in [3.05, 3.63) is 64.2 Å². The summed E-state index contributed by atoms with van der Waals surface area (Å²) in [5, 5.41) is 21.7. The van der Waals surface area contributed by atoms with Crippen LogP contribution < -0.4 is 5.32 Å². The number of hydrogen-bond acceptors (Lipinski definition) is 3. The van der Waals surface area contributed by atoms with Crippen molar-refractivity contribution in [3.63, 3.8) is 0 Å². The topological polar surface area (TPSA) is 73.1 Å². The van der Waals surface area contributed by atoms with Crippen LogP contribution in [-0.4, -0.2) is 11.0 Å². The molecule has 0 unspecified atom stereocenters. The minimum atomic E-state index is -0.536. The maximum Gasteiger partial charge on any atom is 0.266 e. The molecule has 0 atom stereocenters. The molecule has 0 radical (unpaired) electrons. The number of aromatic hydroxyl groups is 1. The number of halogens is 1. The number of phenolic OH excluding ortho intramolecular Hbond substituents is 1. The zero-order valence-corrected chi connectivity index (χ0v) is 12.6. The van der Waals surface area contributed by atoms with Crippen molar-refractivity contribution in [3.8, 4) is 11.8 Å². The molecule has 0 aliphatic heterocycles. The van der Waals surface area contributed by atoms with Gasteiger partial charge in [0.25, 0.3) is 5.91 Å². The van der Waals surface area contributed by atoms with E-state index >= 15 is 0 Å². The number of benzene rings is 2. The fourth-order valence-corrected chi connectivity index (χ4v) is 1.98. The van der Waals surface area contributed by atoms with Gasteiger partial charge in [-0.15, -0.1) is 0 Å². The molecule has 0 spiro atoms. The summed E-state index contributed by atoms with van der Waals surface area (Å²) in [6.45, 7) is 1.86. The fraction of sp³-hybridized carbons (Fsp3) is 0.0588. The SMILES string of the molecule is Cc1ccc(NC(=O)/C(C#N)=C/c2cccc(O)c2)cc1Cl. The van der Waals surface area contributed by atoms with Gasteiger partial charge in [0.2, 0.25) is 0 Å². The molecule has 4 nitrogen and oxygen atoms in total. The normalized spacial score (nSPS) is 10.9. The van der Waals surface area contributed by atoms with Crippen LogP contribution in [0.2, 0.25) is 5.02 Å². The maximum absolute atomic E-state index is 12.1. The number of nitriles is 1. The number of aryl methyl sites for hydroxylation is 1. The highest BCUT2D eigenvalue weighted by atomic mass is 35.5. The van der Waals surface area contributed by atoms with Gasteiger partial charge in [0.15, 0.2) is 0 Å². The minimum Gasteiger partial charge on any atom is -0.508 e. The Hall–Kier alpha value is -2.77. The van der Waals surface area contributed by atoms with Crippen LogP contribution in [-0.2, 0) is 4.79 Å². The predicted molar refractivity (Wildman–Crippen MR) is 86.5 cm³/mol. The standard InChI is InChI=1S/C17H13ClN2O2/c1-11-5-6-14(9-16(11)18)20-17(22)13(10-19)7-12-3-2-4-15(21)8-12/h2-9,21H,1H3,(H,20,22)/b13-7+. The monoisotopic (exact) mass is 312 g/mol. The lowest BCUT2D eigenvalue weighted by molar-refractivity contribution is -0.112. The summed E-state index contributed by atoms with van der Waals surface area (Å²) in [5.74, 6) is -0.470. The van der Waals surface area contributed by atoms with Crippen LogP contribution in [0.4, 0.5) is 5.69 Å². The van der Waals surface area contributed by atoms with E-state index in [-0.39, 0.29) is 11.3 Å². The minimum absolute atomic E-state index is 0.0664. The number of amides is 1. The summed E-state index contributed by atoms with van der Waals surface area (Å²) in [6.07, 6.45) is 1.41. The number of phenols is 1. The second-order valence-electron chi connectivity index (χ2n) is 4.68. The van der Waals surface area contributed by atoms with Gasteiger partial charge in [0.1, 0.15) is 17.4 Å². The van der Waals surface area contributed by atoms with Gasteiger partial charge in [0, 0.05) is 10.7 Å². The van der Waals surface area contributed by atoms with E-state index < -0.39 is 5.91 Å². The largest absolute Gasteiger partial charge is 0.508 e. The van der Waals surface area contributed by atoms with E-state index in [4.69, 9.17) is 16.9 Å². The molecule has 5 heteroatoms. The van der Waals surface area contributed by atoms with E-state index in [2.05, 4.69) is 5.32 Å². The Balaban J connectivity index is 2.22. The fourth-order valence-electron chi connectivity index (χ4n) is 1.80. The number of anilines is 1. The number of carbonyl (C=O) groups excluding carboxylic acids is 1. The van der Waals surface area contributed by atoms with Crippen LogP contribution in [0.1, 0.15) is 11.1 Å². The zero-order chi connectivity index (χ0) is 16.1. The molecule has 0 bridgehead atoms. The second-order valence-corrected chi connectivity index (χ2v) is 5.09. The molecule has 0 saturated carbocycles. The highest BCUT2D eigenvalue weighted by Gasteiger charge is 2.10. The molecule has 2 aromatic rings. The summed E-state index contributed by atoms with van der Waals surface area (Å²) in [6, 6.07) is 13.3. The summed E-state index contributed by atoms with van der Waals surface area (Å²) in [4.78, 5) is 12.1. The molecule has 0 aromatic heterocycles. The first-order valence-electron chi connectivity index (χ1n) is 6.48. The Morgan fingerprint density at radius 3 is 2.73 bits per heavy atom. The number of nitrogens with one attached hydrogen (secondary N) is 1. The summed E-state index contributed by atoms with van der Waals surface area (Å²) >= 11 is 6.00. The Bertz CT molecular complexity index is 791. The van der Waals surface area contributed by atoms with E-state index in [9.17, 15) is 9.90 Å².